The van der Waals surface area contributed by atoms with E-state index in [2.05, 4.69) is 10.3 Å². The van der Waals surface area contributed by atoms with Gasteiger partial charge in [-0.15, -0.1) is 0 Å². The number of halogens is 2. The van der Waals surface area contributed by atoms with Gasteiger partial charge in [-0.3, -0.25) is 4.98 Å². The van der Waals surface area contributed by atoms with Gasteiger partial charge in [0.2, 0.25) is 10.0 Å². The number of amides is 2. The predicted octanol–water partition coefficient (Wildman–Crippen LogP) is 5.49. The molecule has 0 saturated carbocycles. The maximum Gasteiger partial charge on any atom is 0.332 e. The summed E-state index contributed by atoms with van der Waals surface area (Å²) in [6.45, 7) is 0. The first-order chi connectivity index (χ1) is 17.7. The molecule has 1 heterocycles. The lowest BCUT2D eigenvalue weighted by Gasteiger charge is -2.13. The van der Waals surface area contributed by atoms with Crippen molar-refractivity contribution < 1.29 is 31.8 Å². The second-order valence-electron chi connectivity index (χ2n) is 7.72. The zero-order chi connectivity index (χ0) is 26.6. The fraction of sp³-hybridized carbons (Fsp3) is 0.120. The second kappa shape index (κ2) is 10.9. The summed E-state index contributed by atoms with van der Waals surface area (Å²) in [5, 5.41) is 3.31. The fourth-order valence-corrected chi connectivity index (χ4v) is 4.61. The number of hydrogen-bond acceptors (Lipinski definition) is 7. The number of carbonyl (C=O) groups excluding carboxylic acids is 1. The summed E-state index contributed by atoms with van der Waals surface area (Å²) in [7, 11) is -1.01. The lowest BCUT2D eigenvalue weighted by molar-refractivity contribution is 0.256. The van der Waals surface area contributed by atoms with E-state index in [-0.39, 0.29) is 11.4 Å². The minimum Gasteiger partial charge on any atom is -0.493 e. The smallest absolute Gasteiger partial charge is 0.332 e. The van der Waals surface area contributed by atoms with Crippen LogP contribution in [0.1, 0.15) is 5.56 Å². The highest BCUT2D eigenvalue weighted by atomic mass is 35.5. The molecule has 2 amide bonds. The maximum atomic E-state index is 14.8. The fourth-order valence-electron chi connectivity index (χ4n) is 3.45. The van der Waals surface area contributed by atoms with Crippen molar-refractivity contribution in [2.24, 2.45) is 0 Å². The van der Waals surface area contributed by atoms with Crippen molar-refractivity contribution in [1.82, 2.24) is 9.71 Å². The quantitative estimate of drug-likeness (QED) is 0.301. The van der Waals surface area contributed by atoms with Gasteiger partial charge in [0.05, 0.1) is 25.5 Å². The van der Waals surface area contributed by atoms with Crippen LogP contribution in [0.25, 0.3) is 10.9 Å². The van der Waals surface area contributed by atoms with Crippen molar-refractivity contribution in [1.29, 1.82) is 0 Å². The topological polar surface area (TPSA) is 116 Å². The number of rotatable bonds is 8. The lowest BCUT2D eigenvalue weighted by Crippen LogP contribution is -2.35. The van der Waals surface area contributed by atoms with Crippen LogP contribution in [-0.2, 0) is 15.8 Å². The third-order valence-corrected chi connectivity index (χ3v) is 6.60. The molecule has 12 heteroatoms. The molecule has 0 spiro atoms. The monoisotopic (exact) mass is 545 g/mol. The molecule has 37 heavy (non-hydrogen) atoms. The van der Waals surface area contributed by atoms with Gasteiger partial charge in [0.25, 0.3) is 0 Å². The third kappa shape index (κ3) is 6.38. The van der Waals surface area contributed by atoms with Crippen LogP contribution in [0.15, 0.2) is 66.9 Å². The molecular formula is C25H21ClFN3O6S. The van der Waals surface area contributed by atoms with Crippen LogP contribution in [0.4, 0.5) is 14.9 Å². The van der Waals surface area contributed by atoms with Crippen LogP contribution in [0, 0.1) is 5.82 Å². The molecule has 0 atom stereocenters. The Hall–Kier alpha value is -4.09. The molecule has 0 aliphatic heterocycles. The van der Waals surface area contributed by atoms with Crippen molar-refractivity contribution >= 4 is 44.2 Å². The number of methoxy groups -OCH3 is 2. The number of anilines is 1. The van der Waals surface area contributed by atoms with Crippen molar-refractivity contribution in [2.75, 3.05) is 19.5 Å². The van der Waals surface area contributed by atoms with Crippen LogP contribution in [0.3, 0.4) is 0 Å². The molecular weight excluding hydrogens is 525 g/mol. The molecule has 3 aromatic carbocycles. The molecule has 0 aliphatic carbocycles. The van der Waals surface area contributed by atoms with Gasteiger partial charge >= 0.3 is 6.03 Å². The van der Waals surface area contributed by atoms with Gasteiger partial charge in [-0.25, -0.2) is 22.3 Å². The molecule has 0 radical (unpaired) electrons. The summed E-state index contributed by atoms with van der Waals surface area (Å²) < 4.78 is 57.6. The Morgan fingerprint density at radius 3 is 2.32 bits per heavy atom. The number of ether oxygens (including phenoxy) is 3. The Labute approximate surface area is 217 Å². The normalized spacial score (nSPS) is 11.1. The van der Waals surface area contributed by atoms with Crippen molar-refractivity contribution in [3.05, 3.63) is 83.3 Å². The molecule has 4 rings (SSSR count). The second-order valence-corrected chi connectivity index (χ2v) is 9.88. The zero-order valence-corrected chi connectivity index (χ0v) is 21.2. The molecule has 4 aromatic rings. The largest absolute Gasteiger partial charge is 0.493 e. The van der Waals surface area contributed by atoms with Gasteiger partial charge in [0.15, 0.2) is 23.1 Å². The SMILES string of the molecule is COc1cc2nccc(Oc3ccc(NC(=O)NS(=O)(=O)Cc4ccc(Cl)cc4)cc3F)c2cc1OC. The Kier molecular flexibility index (Phi) is 7.65. The van der Waals surface area contributed by atoms with Gasteiger partial charge in [0.1, 0.15) is 5.75 Å². The van der Waals surface area contributed by atoms with Crippen molar-refractivity contribution in [3.8, 4) is 23.0 Å². The third-order valence-electron chi connectivity index (χ3n) is 5.13. The zero-order valence-electron chi connectivity index (χ0n) is 19.6. The first kappa shape index (κ1) is 26.0. The number of pyridine rings is 1. The van der Waals surface area contributed by atoms with Crippen molar-refractivity contribution in [2.45, 2.75) is 5.75 Å². The summed E-state index contributed by atoms with van der Waals surface area (Å²) >= 11 is 5.79. The van der Waals surface area contributed by atoms with E-state index >= 15 is 0 Å². The first-order valence-corrected chi connectivity index (χ1v) is 12.7. The number of urea groups is 1. The van der Waals surface area contributed by atoms with E-state index in [9.17, 15) is 17.6 Å². The molecule has 0 unspecified atom stereocenters. The minimum atomic E-state index is -4.01. The molecule has 9 nitrogen and oxygen atoms in total. The molecule has 0 fully saturated rings. The standard InChI is InChI=1S/C25H21ClFN3O6S/c1-34-23-12-18-20(13-24(23)35-2)28-10-9-21(18)36-22-8-7-17(11-19(22)27)29-25(31)30-37(32,33)14-15-3-5-16(26)6-4-15/h3-13H,14H2,1-2H3,(H2,29,30,31). The number of fused-ring (bicyclic) bond motifs is 1. The molecule has 0 saturated heterocycles. The highest BCUT2D eigenvalue weighted by molar-refractivity contribution is 7.89. The lowest BCUT2D eigenvalue weighted by atomic mass is 10.2. The van der Waals surface area contributed by atoms with E-state index in [1.807, 2.05) is 4.72 Å². The minimum absolute atomic E-state index is 0.0232. The molecule has 2 N–H and O–H groups in total. The molecule has 0 bridgehead atoms. The van der Waals surface area contributed by atoms with E-state index in [1.165, 1.54) is 44.7 Å². The average Bonchev–Trinajstić information content (AvgIpc) is 2.85. The number of aromatic nitrogens is 1. The van der Waals surface area contributed by atoms with Gasteiger partial charge in [-0.05, 0) is 42.0 Å². The molecule has 192 valence electrons. The van der Waals surface area contributed by atoms with E-state index in [0.717, 1.165) is 6.07 Å². The van der Waals surface area contributed by atoms with Crippen LogP contribution < -0.4 is 24.2 Å². The van der Waals surface area contributed by atoms with Gasteiger partial charge < -0.3 is 19.5 Å². The molecule has 1 aromatic heterocycles. The summed E-state index contributed by atoms with van der Waals surface area (Å²) in [6.07, 6.45) is 1.51. The highest BCUT2D eigenvalue weighted by Crippen LogP contribution is 2.37. The number of sulfonamides is 1. The van der Waals surface area contributed by atoms with Crippen molar-refractivity contribution in [3.63, 3.8) is 0 Å². The average molecular weight is 546 g/mol. The summed E-state index contributed by atoms with van der Waals surface area (Å²) in [5.74, 6) is -0.0954. The Balaban J connectivity index is 1.46. The summed E-state index contributed by atoms with van der Waals surface area (Å²) in [4.78, 5) is 16.5. The van der Waals surface area contributed by atoms with Crippen LogP contribution in [0.2, 0.25) is 5.02 Å². The van der Waals surface area contributed by atoms with E-state index < -0.39 is 27.6 Å². The van der Waals surface area contributed by atoms with E-state index in [4.69, 9.17) is 25.8 Å². The summed E-state index contributed by atoms with van der Waals surface area (Å²) in [6, 6.07) is 13.7. The number of hydrogen-bond donors (Lipinski definition) is 2. The summed E-state index contributed by atoms with van der Waals surface area (Å²) in [5.41, 5.74) is 1.01. The van der Waals surface area contributed by atoms with Crippen LogP contribution in [-0.4, -0.2) is 33.7 Å². The Morgan fingerprint density at radius 2 is 1.65 bits per heavy atom. The Morgan fingerprint density at radius 1 is 0.946 bits per heavy atom. The van der Waals surface area contributed by atoms with Crippen LogP contribution >= 0.6 is 11.6 Å². The van der Waals surface area contributed by atoms with Gasteiger partial charge in [-0.2, -0.15) is 0 Å². The number of benzene rings is 3. The van der Waals surface area contributed by atoms with Crippen LogP contribution in [0.5, 0.6) is 23.0 Å². The number of carbonyl (C=O) groups is 1. The van der Waals surface area contributed by atoms with E-state index in [0.29, 0.717) is 38.7 Å². The maximum absolute atomic E-state index is 14.8. The van der Waals surface area contributed by atoms with Gasteiger partial charge in [-0.1, -0.05) is 23.7 Å². The van der Waals surface area contributed by atoms with E-state index in [1.54, 1.807) is 30.3 Å². The number of nitrogens with one attached hydrogen (secondary N) is 2. The number of nitrogens with zero attached hydrogens (tertiary/aromatic N) is 1. The Bertz CT molecular complexity index is 1570. The highest BCUT2D eigenvalue weighted by Gasteiger charge is 2.17. The molecule has 0 aliphatic rings. The van der Waals surface area contributed by atoms with Gasteiger partial charge in [0, 0.05) is 34.4 Å². The first-order valence-electron chi connectivity index (χ1n) is 10.7. The predicted molar refractivity (Wildman–Crippen MR) is 138 cm³/mol.